The lowest BCUT2D eigenvalue weighted by molar-refractivity contribution is -0.138. The normalized spacial score (nSPS) is 11.2. The molecule has 0 radical (unpaired) electrons. The molecule has 0 aromatic carbocycles. The first-order valence-electron chi connectivity index (χ1n) is 20.9. The molecular weight excluding hydrogens is 696 g/mol. The third-order valence-electron chi connectivity index (χ3n) is 7.98. The predicted molar refractivity (Wildman–Crippen MR) is 212 cm³/mol. The highest BCUT2D eigenvalue weighted by atomic mass is 16.5. The zero-order valence-corrected chi connectivity index (χ0v) is 33.9. The first kappa shape index (κ1) is 52.1. The molecular formula is C42H78O12. The lowest BCUT2D eigenvalue weighted by Crippen LogP contribution is -2.05. The fraction of sp³-hybridized carbons (Fsp3) is 0.857. The average Bonchev–Trinajstić information content (AvgIpc) is 3.18. The quantitative estimate of drug-likeness (QED) is 0.0343. The van der Waals surface area contributed by atoms with Crippen LogP contribution in [0.2, 0.25) is 0 Å². The Morgan fingerprint density at radius 3 is 0.519 bits per heavy atom. The van der Waals surface area contributed by atoms with Crippen molar-refractivity contribution in [2.75, 3.05) is 119 Å². The van der Waals surface area contributed by atoms with Gasteiger partial charge in [-0.3, -0.25) is 0 Å². The highest BCUT2D eigenvalue weighted by Gasteiger charge is 1.99. The first-order valence-corrected chi connectivity index (χ1v) is 20.9. The van der Waals surface area contributed by atoms with Crippen molar-refractivity contribution >= 4 is 11.9 Å². The van der Waals surface area contributed by atoms with Gasteiger partial charge in [0.05, 0.1) is 13.2 Å². The van der Waals surface area contributed by atoms with Crippen LogP contribution in [0.4, 0.5) is 0 Å². The zero-order chi connectivity index (χ0) is 39.1. The molecule has 0 aromatic heterocycles. The van der Waals surface area contributed by atoms with Gasteiger partial charge >= 0.3 is 11.9 Å². The smallest absolute Gasteiger partial charge is 0.330 e. The Morgan fingerprint density at radius 1 is 0.259 bits per heavy atom. The van der Waals surface area contributed by atoms with E-state index in [1.165, 1.54) is 12.2 Å². The second kappa shape index (κ2) is 47.3. The van der Waals surface area contributed by atoms with E-state index in [1.807, 2.05) is 0 Å². The maximum atomic E-state index is 10.9. The molecule has 12 nitrogen and oxygen atoms in total. The number of unbranched alkanes of at least 4 members (excludes halogenated alkanes) is 9. The van der Waals surface area contributed by atoms with Crippen LogP contribution in [-0.4, -0.2) is 131 Å². The first-order chi connectivity index (χ1) is 26.7. The van der Waals surface area contributed by atoms with Crippen molar-refractivity contribution in [1.82, 2.24) is 0 Å². The number of rotatable bonds is 47. The van der Waals surface area contributed by atoms with E-state index in [0.717, 1.165) is 208 Å². The third-order valence-corrected chi connectivity index (χ3v) is 7.98. The molecule has 0 saturated heterocycles. The standard InChI is InChI=1S/C42H78O12/c1-3-41(43)53-39-21-19-37-51-35-17-15-33-49-31-13-11-29-47-27-9-7-25-45-23-5-6-24-46-26-8-10-28-48-30-12-14-32-50-34-16-18-36-52-38-20-22-40-54-42(44)4-2/h3-4H,1-2,5-40H2. The summed E-state index contributed by atoms with van der Waals surface area (Å²) in [5.74, 6) is -0.742. The van der Waals surface area contributed by atoms with E-state index in [9.17, 15) is 9.59 Å². The van der Waals surface area contributed by atoms with Gasteiger partial charge in [-0.15, -0.1) is 0 Å². The molecule has 0 amide bonds. The van der Waals surface area contributed by atoms with Gasteiger partial charge in [0.2, 0.25) is 0 Å². The minimum absolute atomic E-state index is 0.371. The second-order valence-corrected chi connectivity index (χ2v) is 13.0. The van der Waals surface area contributed by atoms with E-state index >= 15 is 0 Å². The van der Waals surface area contributed by atoms with E-state index in [1.54, 1.807) is 0 Å². The van der Waals surface area contributed by atoms with Crippen molar-refractivity contribution in [1.29, 1.82) is 0 Å². The maximum Gasteiger partial charge on any atom is 0.330 e. The summed E-state index contributed by atoms with van der Waals surface area (Å²) in [6, 6.07) is 0. The summed E-state index contributed by atoms with van der Waals surface area (Å²) >= 11 is 0. The summed E-state index contributed by atoms with van der Waals surface area (Å²) < 4.78 is 55.3. The lowest BCUT2D eigenvalue weighted by atomic mass is 10.3. The van der Waals surface area contributed by atoms with Gasteiger partial charge in [-0.1, -0.05) is 13.2 Å². The molecule has 0 unspecified atom stereocenters. The zero-order valence-electron chi connectivity index (χ0n) is 33.9. The predicted octanol–water partition coefficient (Wildman–Crippen LogP) is 7.60. The number of ether oxygens (including phenoxy) is 10. The minimum atomic E-state index is -0.371. The molecule has 0 heterocycles. The van der Waals surface area contributed by atoms with Crippen molar-refractivity contribution in [3.8, 4) is 0 Å². The van der Waals surface area contributed by atoms with Crippen LogP contribution in [0.3, 0.4) is 0 Å². The van der Waals surface area contributed by atoms with Crippen LogP contribution < -0.4 is 0 Å². The van der Waals surface area contributed by atoms with Gasteiger partial charge in [0.1, 0.15) is 0 Å². The van der Waals surface area contributed by atoms with Crippen LogP contribution >= 0.6 is 0 Å². The van der Waals surface area contributed by atoms with Crippen LogP contribution in [0.5, 0.6) is 0 Å². The molecule has 54 heavy (non-hydrogen) atoms. The number of carbonyl (C=O) groups excluding carboxylic acids is 2. The molecule has 0 bridgehead atoms. The van der Waals surface area contributed by atoms with Crippen molar-refractivity contribution < 1.29 is 57.0 Å². The molecule has 0 N–H and O–H groups in total. The molecule has 0 fully saturated rings. The maximum absolute atomic E-state index is 10.9. The van der Waals surface area contributed by atoms with Gasteiger partial charge in [-0.25, -0.2) is 9.59 Å². The van der Waals surface area contributed by atoms with Crippen LogP contribution in [0, 0.1) is 0 Å². The van der Waals surface area contributed by atoms with E-state index < -0.39 is 0 Å². The van der Waals surface area contributed by atoms with Gasteiger partial charge in [-0.05, 0) is 116 Å². The molecule has 318 valence electrons. The van der Waals surface area contributed by atoms with Crippen molar-refractivity contribution in [2.24, 2.45) is 0 Å². The lowest BCUT2D eigenvalue weighted by Gasteiger charge is -2.08. The SMILES string of the molecule is C=CC(=O)OCCCCOCCCCOCCCCOCCCCOCCCCOCCCCOCCCCOCCCCOCCCCOC(=O)C=C. The van der Waals surface area contributed by atoms with Gasteiger partial charge < -0.3 is 47.4 Å². The van der Waals surface area contributed by atoms with Crippen LogP contribution in [0.25, 0.3) is 0 Å². The number of carbonyl (C=O) groups is 2. The van der Waals surface area contributed by atoms with Crippen LogP contribution in [0.15, 0.2) is 25.3 Å². The highest BCUT2D eigenvalue weighted by Crippen LogP contribution is 2.02. The molecule has 0 aliphatic carbocycles. The molecule has 0 rings (SSSR count). The Bertz CT molecular complexity index is 733. The van der Waals surface area contributed by atoms with Gasteiger partial charge in [0.15, 0.2) is 0 Å². The molecule has 0 aliphatic heterocycles. The Labute approximate surface area is 328 Å². The monoisotopic (exact) mass is 775 g/mol. The summed E-state index contributed by atoms with van der Waals surface area (Å²) in [4.78, 5) is 21.8. The topological polar surface area (TPSA) is 126 Å². The molecule has 0 spiro atoms. The summed E-state index contributed by atoms with van der Waals surface area (Å²) in [5.41, 5.74) is 0. The number of esters is 2. The molecule has 12 heteroatoms. The fourth-order valence-corrected chi connectivity index (χ4v) is 4.75. The molecule has 0 aliphatic rings. The van der Waals surface area contributed by atoms with E-state index in [0.29, 0.717) is 26.4 Å². The Balaban J connectivity index is 3.07. The van der Waals surface area contributed by atoms with Gasteiger partial charge in [0, 0.05) is 118 Å². The minimum Gasteiger partial charge on any atom is -0.463 e. The van der Waals surface area contributed by atoms with E-state index in [2.05, 4.69) is 13.2 Å². The van der Waals surface area contributed by atoms with Crippen LogP contribution in [-0.2, 0) is 57.0 Å². The highest BCUT2D eigenvalue weighted by molar-refractivity contribution is 5.81. The van der Waals surface area contributed by atoms with Crippen molar-refractivity contribution in [3.63, 3.8) is 0 Å². The second-order valence-electron chi connectivity index (χ2n) is 13.0. The molecule has 0 atom stereocenters. The van der Waals surface area contributed by atoms with Gasteiger partial charge in [-0.2, -0.15) is 0 Å². The van der Waals surface area contributed by atoms with Crippen molar-refractivity contribution in [2.45, 2.75) is 116 Å². The van der Waals surface area contributed by atoms with Crippen LogP contribution in [0.1, 0.15) is 116 Å². The third kappa shape index (κ3) is 46.3. The Morgan fingerprint density at radius 2 is 0.389 bits per heavy atom. The Hall–Kier alpha value is -1.90. The Kier molecular flexibility index (Phi) is 45.6. The average molecular weight is 775 g/mol. The van der Waals surface area contributed by atoms with E-state index in [-0.39, 0.29) is 11.9 Å². The fourth-order valence-electron chi connectivity index (χ4n) is 4.75. The van der Waals surface area contributed by atoms with Gasteiger partial charge in [0.25, 0.3) is 0 Å². The summed E-state index contributed by atoms with van der Waals surface area (Å²) in [5, 5.41) is 0. The number of hydrogen-bond donors (Lipinski definition) is 0. The largest absolute Gasteiger partial charge is 0.463 e. The number of hydrogen-bond acceptors (Lipinski definition) is 12. The summed E-state index contributed by atoms with van der Waals surface area (Å²) in [6.07, 6.45) is 20.0. The molecule has 0 saturated carbocycles. The van der Waals surface area contributed by atoms with E-state index in [4.69, 9.17) is 47.4 Å². The summed E-state index contributed by atoms with van der Waals surface area (Å²) in [7, 11) is 0. The van der Waals surface area contributed by atoms with Crippen molar-refractivity contribution in [3.05, 3.63) is 25.3 Å². The summed E-state index contributed by atoms with van der Waals surface area (Å²) in [6.45, 7) is 19.9. The molecule has 0 aromatic rings.